The van der Waals surface area contributed by atoms with Crippen LogP contribution in [0.5, 0.6) is 17.2 Å². The van der Waals surface area contributed by atoms with Gasteiger partial charge in [0.05, 0.1) is 26.0 Å². The third-order valence-electron chi connectivity index (χ3n) is 5.47. The molecule has 0 aliphatic carbocycles. The van der Waals surface area contributed by atoms with Crippen LogP contribution in [-0.2, 0) is 4.79 Å². The highest BCUT2D eigenvalue weighted by Gasteiger charge is 2.31. The van der Waals surface area contributed by atoms with Crippen molar-refractivity contribution in [2.24, 2.45) is 5.10 Å². The van der Waals surface area contributed by atoms with Crippen LogP contribution in [0.3, 0.4) is 0 Å². The number of likely N-dealkylation sites (N-methyl/N-ethyl adjacent to an activating group) is 1. The Morgan fingerprint density at radius 1 is 1.12 bits per heavy atom. The first kappa shape index (κ1) is 23.2. The van der Waals surface area contributed by atoms with E-state index in [9.17, 15) is 4.79 Å². The predicted octanol–water partition coefficient (Wildman–Crippen LogP) is 4.25. The number of benzene rings is 2. The molecule has 2 aromatic rings. The summed E-state index contributed by atoms with van der Waals surface area (Å²) in [6.07, 6.45) is 3.85. The number of hydrogen-bond acceptors (Lipinski definition) is 6. The van der Waals surface area contributed by atoms with Crippen LogP contribution in [0.2, 0.25) is 0 Å². The molecular formula is C25H31N3O4. The molecule has 2 aromatic carbocycles. The molecule has 7 nitrogen and oxygen atoms in total. The van der Waals surface area contributed by atoms with Crippen molar-refractivity contribution < 1.29 is 19.0 Å². The lowest BCUT2D eigenvalue weighted by molar-refractivity contribution is -0.123. The minimum absolute atomic E-state index is 0.0815. The molecule has 0 spiro atoms. The van der Waals surface area contributed by atoms with Gasteiger partial charge in [-0.15, -0.1) is 0 Å². The van der Waals surface area contributed by atoms with Gasteiger partial charge in [0.25, 0.3) is 5.91 Å². The van der Waals surface area contributed by atoms with E-state index in [0.717, 1.165) is 23.4 Å². The van der Waals surface area contributed by atoms with E-state index in [1.54, 1.807) is 32.6 Å². The fourth-order valence-electron chi connectivity index (χ4n) is 4.06. The minimum atomic E-state index is -0.376. The zero-order valence-corrected chi connectivity index (χ0v) is 19.6. The van der Waals surface area contributed by atoms with E-state index < -0.39 is 0 Å². The monoisotopic (exact) mass is 437 g/mol. The summed E-state index contributed by atoms with van der Waals surface area (Å²) in [5, 5.41) is 4.10. The maximum absolute atomic E-state index is 12.2. The molecule has 7 heteroatoms. The minimum Gasteiger partial charge on any atom is -0.496 e. The smallest absolute Gasteiger partial charge is 0.277 e. The molecule has 3 rings (SSSR count). The van der Waals surface area contributed by atoms with Crippen LogP contribution < -0.4 is 24.5 Å². The van der Waals surface area contributed by atoms with Gasteiger partial charge in [0, 0.05) is 29.4 Å². The molecule has 170 valence electrons. The highest BCUT2D eigenvalue weighted by atomic mass is 16.5. The Morgan fingerprint density at radius 3 is 2.47 bits per heavy atom. The van der Waals surface area contributed by atoms with E-state index in [0.29, 0.717) is 17.2 Å². The van der Waals surface area contributed by atoms with Gasteiger partial charge in [0.15, 0.2) is 18.1 Å². The molecule has 0 aromatic heterocycles. The van der Waals surface area contributed by atoms with E-state index in [2.05, 4.69) is 49.2 Å². The van der Waals surface area contributed by atoms with Crippen molar-refractivity contribution in [3.8, 4) is 17.2 Å². The average molecular weight is 438 g/mol. The van der Waals surface area contributed by atoms with Crippen molar-refractivity contribution in [1.82, 2.24) is 5.43 Å². The fraction of sp³-hybridized carbons (Fsp3) is 0.360. The van der Waals surface area contributed by atoms with Crippen molar-refractivity contribution in [2.75, 3.05) is 32.3 Å². The third kappa shape index (κ3) is 4.88. The first-order chi connectivity index (χ1) is 15.3. The summed E-state index contributed by atoms with van der Waals surface area (Å²) in [6, 6.07) is 11.2. The molecule has 32 heavy (non-hydrogen) atoms. The number of para-hydroxylation sites is 2. The summed E-state index contributed by atoms with van der Waals surface area (Å²) < 4.78 is 16.3. The Balaban J connectivity index is 1.73. The lowest BCUT2D eigenvalue weighted by atomic mass is 9.88. The molecule has 1 heterocycles. The third-order valence-corrected chi connectivity index (χ3v) is 5.47. The highest BCUT2D eigenvalue weighted by molar-refractivity contribution is 5.91. The number of fused-ring (bicyclic) bond motifs is 1. The van der Waals surface area contributed by atoms with E-state index in [1.807, 2.05) is 24.3 Å². The number of anilines is 1. The summed E-state index contributed by atoms with van der Waals surface area (Å²) in [6.45, 7) is 9.35. The normalized spacial score (nSPS) is 14.6. The summed E-state index contributed by atoms with van der Waals surface area (Å²) in [5.41, 5.74) is 6.64. The molecule has 0 bridgehead atoms. The lowest BCUT2D eigenvalue weighted by Gasteiger charge is -2.43. The van der Waals surface area contributed by atoms with Gasteiger partial charge in [-0.05, 0) is 51.5 Å². The number of carbonyl (C=O) groups excluding carboxylic acids is 1. The first-order valence-electron chi connectivity index (χ1n) is 10.6. The molecule has 0 saturated carbocycles. The Labute approximate surface area is 189 Å². The van der Waals surface area contributed by atoms with Gasteiger partial charge in [-0.2, -0.15) is 5.10 Å². The Hall–Kier alpha value is -3.48. The predicted molar refractivity (Wildman–Crippen MR) is 128 cm³/mol. The quantitative estimate of drug-likeness (QED) is 0.494. The summed E-state index contributed by atoms with van der Waals surface area (Å²) in [5.74, 6) is 1.38. The number of methoxy groups -OCH3 is 2. The molecular weight excluding hydrogens is 406 g/mol. The molecule has 1 N–H and O–H groups in total. The lowest BCUT2D eigenvalue weighted by Crippen LogP contribution is -2.44. The van der Waals surface area contributed by atoms with E-state index in [1.165, 1.54) is 5.57 Å². The topological polar surface area (TPSA) is 72.4 Å². The SMILES string of the molecule is CCN1c2cc(OC)c(/C=N/NC(=O)COc3ccccc3OC)cc2C(C)=CC1(C)C. The zero-order valence-electron chi connectivity index (χ0n) is 19.6. The second kappa shape index (κ2) is 9.77. The fourth-order valence-corrected chi connectivity index (χ4v) is 4.06. The van der Waals surface area contributed by atoms with Crippen LogP contribution in [0, 0.1) is 0 Å². The maximum Gasteiger partial charge on any atom is 0.277 e. The van der Waals surface area contributed by atoms with E-state index in [4.69, 9.17) is 14.2 Å². The van der Waals surface area contributed by atoms with Gasteiger partial charge in [0.2, 0.25) is 0 Å². The number of hydrogen-bond donors (Lipinski definition) is 1. The molecule has 1 aliphatic rings. The number of nitrogens with one attached hydrogen (secondary N) is 1. The van der Waals surface area contributed by atoms with Crippen molar-refractivity contribution in [2.45, 2.75) is 33.2 Å². The second-order valence-corrected chi connectivity index (χ2v) is 8.07. The van der Waals surface area contributed by atoms with Crippen LogP contribution in [0.15, 0.2) is 47.6 Å². The van der Waals surface area contributed by atoms with Crippen molar-refractivity contribution in [1.29, 1.82) is 0 Å². The van der Waals surface area contributed by atoms with Gasteiger partial charge in [-0.25, -0.2) is 5.43 Å². The number of allylic oxidation sites excluding steroid dienone is 1. The maximum atomic E-state index is 12.2. The van der Waals surface area contributed by atoms with Gasteiger partial charge < -0.3 is 19.1 Å². The summed E-state index contributed by atoms with van der Waals surface area (Å²) >= 11 is 0. The number of nitrogens with zero attached hydrogens (tertiary/aromatic N) is 2. The average Bonchev–Trinajstić information content (AvgIpc) is 2.77. The largest absolute Gasteiger partial charge is 0.496 e. The number of carbonyl (C=O) groups is 1. The number of hydrazone groups is 1. The van der Waals surface area contributed by atoms with Crippen LogP contribution in [-0.4, -0.2) is 45.0 Å². The standard InChI is InChI=1S/C25H31N3O4/c1-7-28-20-13-23(31-6)18(12-19(20)17(2)14-25(28,3)4)15-26-27-24(29)16-32-22-11-9-8-10-21(22)30-5/h8-15H,7,16H2,1-6H3,(H,27,29)/b26-15+. The second-order valence-electron chi connectivity index (χ2n) is 8.07. The molecule has 0 fully saturated rings. The van der Waals surface area contributed by atoms with Crippen molar-refractivity contribution in [3.05, 3.63) is 53.6 Å². The zero-order chi connectivity index (χ0) is 23.3. The Kier molecular flexibility index (Phi) is 7.08. The molecule has 0 radical (unpaired) electrons. The molecule has 0 atom stereocenters. The van der Waals surface area contributed by atoms with Crippen LogP contribution in [0.1, 0.15) is 38.8 Å². The molecule has 0 unspecified atom stereocenters. The van der Waals surface area contributed by atoms with Crippen molar-refractivity contribution in [3.63, 3.8) is 0 Å². The molecule has 0 saturated heterocycles. The number of ether oxygens (including phenoxy) is 3. The van der Waals surface area contributed by atoms with Gasteiger partial charge in [-0.1, -0.05) is 18.2 Å². The van der Waals surface area contributed by atoms with Gasteiger partial charge >= 0.3 is 0 Å². The first-order valence-corrected chi connectivity index (χ1v) is 10.6. The van der Waals surface area contributed by atoms with Gasteiger partial charge in [0.1, 0.15) is 5.75 Å². The highest BCUT2D eigenvalue weighted by Crippen LogP contribution is 2.41. The Bertz CT molecular complexity index is 1040. The van der Waals surface area contributed by atoms with Crippen LogP contribution in [0.4, 0.5) is 5.69 Å². The van der Waals surface area contributed by atoms with E-state index in [-0.39, 0.29) is 18.1 Å². The summed E-state index contributed by atoms with van der Waals surface area (Å²) in [7, 11) is 3.18. The van der Waals surface area contributed by atoms with Crippen LogP contribution in [0.25, 0.3) is 5.57 Å². The van der Waals surface area contributed by atoms with Crippen molar-refractivity contribution >= 4 is 23.4 Å². The summed E-state index contributed by atoms with van der Waals surface area (Å²) in [4.78, 5) is 14.5. The Morgan fingerprint density at radius 2 is 1.81 bits per heavy atom. The molecule has 1 aliphatic heterocycles. The number of rotatable bonds is 8. The van der Waals surface area contributed by atoms with E-state index >= 15 is 0 Å². The molecule has 1 amide bonds. The van der Waals surface area contributed by atoms with Gasteiger partial charge in [-0.3, -0.25) is 4.79 Å². The number of amides is 1. The van der Waals surface area contributed by atoms with Crippen LogP contribution >= 0.6 is 0 Å².